The van der Waals surface area contributed by atoms with Crippen LogP contribution in [0.5, 0.6) is 0 Å². The number of fused-ring (bicyclic) bond motifs is 1. The SMILES string of the molecule is Cc1cccc2c1nc(CCNC1CC1)n2C. The van der Waals surface area contributed by atoms with Gasteiger partial charge in [-0.1, -0.05) is 12.1 Å². The summed E-state index contributed by atoms with van der Waals surface area (Å²) in [6.45, 7) is 3.17. The highest BCUT2D eigenvalue weighted by Gasteiger charge is 2.20. The predicted octanol–water partition coefficient (Wildman–Crippen LogP) is 2.18. The fraction of sp³-hybridized carbons (Fsp3) is 0.500. The Kier molecular flexibility index (Phi) is 2.63. The highest BCUT2D eigenvalue weighted by atomic mass is 15.1. The van der Waals surface area contributed by atoms with E-state index in [1.54, 1.807) is 0 Å². The van der Waals surface area contributed by atoms with Crippen molar-refractivity contribution in [3.05, 3.63) is 29.6 Å². The highest BCUT2D eigenvalue weighted by molar-refractivity contribution is 5.79. The van der Waals surface area contributed by atoms with E-state index >= 15 is 0 Å². The summed E-state index contributed by atoms with van der Waals surface area (Å²) in [6.07, 6.45) is 3.71. The van der Waals surface area contributed by atoms with Crippen LogP contribution in [0.4, 0.5) is 0 Å². The first-order valence-electron chi connectivity index (χ1n) is 6.40. The summed E-state index contributed by atoms with van der Waals surface area (Å²) in [5, 5.41) is 3.54. The summed E-state index contributed by atoms with van der Waals surface area (Å²) in [7, 11) is 2.11. The molecule has 0 bridgehead atoms. The van der Waals surface area contributed by atoms with Crippen LogP contribution >= 0.6 is 0 Å². The van der Waals surface area contributed by atoms with Crippen molar-refractivity contribution in [3.8, 4) is 0 Å². The Balaban J connectivity index is 1.83. The van der Waals surface area contributed by atoms with Crippen LogP contribution in [0.1, 0.15) is 24.2 Å². The third kappa shape index (κ3) is 2.07. The van der Waals surface area contributed by atoms with Gasteiger partial charge >= 0.3 is 0 Å². The third-order valence-corrected chi connectivity index (χ3v) is 3.56. The molecule has 0 aliphatic heterocycles. The number of para-hydroxylation sites is 1. The number of imidazole rings is 1. The fourth-order valence-electron chi connectivity index (χ4n) is 2.30. The van der Waals surface area contributed by atoms with E-state index in [0.29, 0.717) is 0 Å². The molecule has 0 atom stereocenters. The molecule has 3 heteroatoms. The van der Waals surface area contributed by atoms with Gasteiger partial charge < -0.3 is 9.88 Å². The molecule has 0 amide bonds. The molecule has 2 aromatic rings. The first-order valence-corrected chi connectivity index (χ1v) is 6.40. The topological polar surface area (TPSA) is 29.9 Å². The summed E-state index contributed by atoms with van der Waals surface area (Å²) in [4.78, 5) is 4.75. The van der Waals surface area contributed by atoms with Crippen LogP contribution < -0.4 is 5.32 Å². The summed E-state index contributed by atoms with van der Waals surface area (Å²) in [5.41, 5.74) is 3.65. The first kappa shape index (κ1) is 10.8. The lowest BCUT2D eigenvalue weighted by atomic mass is 10.2. The molecule has 0 unspecified atom stereocenters. The van der Waals surface area contributed by atoms with Crippen molar-refractivity contribution in [1.29, 1.82) is 0 Å². The number of hydrogen-bond donors (Lipinski definition) is 1. The van der Waals surface area contributed by atoms with Crippen LogP contribution in [-0.2, 0) is 13.5 Å². The molecule has 1 N–H and O–H groups in total. The van der Waals surface area contributed by atoms with Gasteiger partial charge in [0.25, 0.3) is 0 Å². The molecule has 1 aromatic carbocycles. The van der Waals surface area contributed by atoms with Crippen molar-refractivity contribution in [2.45, 2.75) is 32.2 Å². The van der Waals surface area contributed by atoms with Gasteiger partial charge in [0.2, 0.25) is 0 Å². The molecule has 1 aromatic heterocycles. The van der Waals surface area contributed by atoms with Crippen molar-refractivity contribution in [2.75, 3.05) is 6.54 Å². The number of aromatic nitrogens is 2. The van der Waals surface area contributed by atoms with Gasteiger partial charge in [-0.05, 0) is 31.4 Å². The van der Waals surface area contributed by atoms with Gasteiger partial charge in [-0.3, -0.25) is 0 Å². The minimum atomic E-state index is 0.784. The monoisotopic (exact) mass is 229 g/mol. The Hall–Kier alpha value is -1.35. The minimum absolute atomic E-state index is 0.784. The molecule has 1 heterocycles. The van der Waals surface area contributed by atoms with Gasteiger partial charge in [-0.25, -0.2) is 4.98 Å². The van der Waals surface area contributed by atoms with Crippen molar-refractivity contribution >= 4 is 11.0 Å². The molecule has 1 fully saturated rings. The van der Waals surface area contributed by atoms with Crippen LogP contribution in [0.2, 0.25) is 0 Å². The summed E-state index contributed by atoms with van der Waals surface area (Å²) in [5.74, 6) is 1.18. The minimum Gasteiger partial charge on any atom is -0.331 e. The molecular weight excluding hydrogens is 210 g/mol. The largest absolute Gasteiger partial charge is 0.331 e. The zero-order valence-electron chi connectivity index (χ0n) is 10.5. The number of hydrogen-bond acceptors (Lipinski definition) is 2. The maximum Gasteiger partial charge on any atom is 0.110 e. The number of aryl methyl sites for hydroxylation is 2. The van der Waals surface area contributed by atoms with Crippen LogP contribution in [0.3, 0.4) is 0 Å². The molecule has 3 rings (SSSR count). The van der Waals surface area contributed by atoms with Crippen molar-refractivity contribution < 1.29 is 0 Å². The molecule has 1 aliphatic carbocycles. The van der Waals surface area contributed by atoms with E-state index in [0.717, 1.165) is 24.5 Å². The van der Waals surface area contributed by atoms with E-state index in [9.17, 15) is 0 Å². The second-order valence-electron chi connectivity index (χ2n) is 5.01. The molecule has 90 valence electrons. The smallest absolute Gasteiger partial charge is 0.110 e. The zero-order chi connectivity index (χ0) is 11.8. The van der Waals surface area contributed by atoms with Crippen molar-refractivity contribution in [2.24, 2.45) is 7.05 Å². The Labute approximate surface area is 102 Å². The average Bonchev–Trinajstić information content (AvgIpc) is 3.07. The number of benzene rings is 1. The maximum absolute atomic E-state index is 4.75. The lowest BCUT2D eigenvalue weighted by Gasteiger charge is -2.03. The molecular formula is C14H19N3. The average molecular weight is 229 g/mol. The first-order chi connectivity index (χ1) is 8.25. The van der Waals surface area contributed by atoms with Crippen LogP contribution in [-0.4, -0.2) is 22.1 Å². The lowest BCUT2D eigenvalue weighted by molar-refractivity contribution is 0.654. The summed E-state index contributed by atoms with van der Waals surface area (Å²) in [6, 6.07) is 7.16. The standard InChI is InChI=1S/C14H19N3/c1-10-4-3-5-12-14(10)16-13(17(12)2)8-9-15-11-6-7-11/h3-5,11,15H,6-9H2,1-2H3. The fourth-order valence-corrected chi connectivity index (χ4v) is 2.30. The molecule has 0 spiro atoms. The second-order valence-corrected chi connectivity index (χ2v) is 5.01. The van der Waals surface area contributed by atoms with E-state index in [2.05, 4.69) is 42.1 Å². The van der Waals surface area contributed by atoms with Crippen LogP contribution in [0, 0.1) is 6.92 Å². The van der Waals surface area contributed by atoms with Crippen LogP contribution in [0.25, 0.3) is 11.0 Å². The third-order valence-electron chi connectivity index (χ3n) is 3.56. The van der Waals surface area contributed by atoms with Crippen molar-refractivity contribution in [1.82, 2.24) is 14.9 Å². The van der Waals surface area contributed by atoms with Gasteiger partial charge in [0.15, 0.2) is 0 Å². The van der Waals surface area contributed by atoms with Gasteiger partial charge in [-0.2, -0.15) is 0 Å². The highest BCUT2D eigenvalue weighted by Crippen LogP contribution is 2.20. The lowest BCUT2D eigenvalue weighted by Crippen LogP contribution is -2.20. The summed E-state index contributed by atoms with van der Waals surface area (Å²) >= 11 is 0. The Morgan fingerprint density at radius 1 is 1.41 bits per heavy atom. The molecule has 1 saturated carbocycles. The maximum atomic E-state index is 4.75. The van der Waals surface area contributed by atoms with E-state index in [4.69, 9.17) is 4.98 Å². The van der Waals surface area contributed by atoms with Crippen LogP contribution in [0.15, 0.2) is 18.2 Å². The molecule has 0 saturated heterocycles. The van der Waals surface area contributed by atoms with E-state index < -0.39 is 0 Å². The second kappa shape index (κ2) is 4.15. The van der Waals surface area contributed by atoms with Gasteiger partial charge in [0, 0.05) is 26.1 Å². The molecule has 3 nitrogen and oxygen atoms in total. The van der Waals surface area contributed by atoms with E-state index in [1.165, 1.54) is 29.7 Å². The van der Waals surface area contributed by atoms with Gasteiger partial charge in [0.05, 0.1) is 11.0 Å². The van der Waals surface area contributed by atoms with E-state index in [-0.39, 0.29) is 0 Å². The number of nitrogens with one attached hydrogen (secondary N) is 1. The van der Waals surface area contributed by atoms with Gasteiger partial charge in [-0.15, -0.1) is 0 Å². The van der Waals surface area contributed by atoms with Gasteiger partial charge in [0.1, 0.15) is 5.82 Å². The molecule has 0 radical (unpaired) electrons. The predicted molar refractivity (Wildman–Crippen MR) is 70.2 cm³/mol. The summed E-state index contributed by atoms with van der Waals surface area (Å²) < 4.78 is 2.22. The van der Waals surface area contributed by atoms with E-state index in [1.807, 2.05) is 0 Å². The zero-order valence-corrected chi connectivity index (χ0v) is 10.5. The van der Waals surface area contributed by atoms with Crippen molar-refractivity contribution in [3.63, 3.8) is 0 Å². The number of rotatable bonds is 4. The molecule has 1 aliphatic rings. The Morgan fingerprint density at radius 3 is 2.94 bits per heavy atom. The quantitative estimate of drug-likeness (QED) is 0.871. The number of nitrogens with zero attached hydrogens (tertiary/aromatic N) is 2. The normalized spacial score (nSPS) is 15.6. The Morgan fingerprint density at radius 2 is 2.24 bits per heavy atom. The molecule has 17 heavy (non-hydrogen) atoms. The Bertz CT molecular complexity index is 538.